The summed E-state index contributed by atoms with van der Waals surface area (Å²) in [7, 11) is 1.49. The van der Waals surface area contributed by atoms with E-state index in [1.54, 1.807) is 0 Å². The van der Waals surface area contributed by atoms with Crippen LogP contribution in [-0.4, -0.2) is 42.8 Å². The molecule has 3 amide bonds. The normalized spacial score (nSPS) is 16.0. The van der Waals surface area contributed by atoms with Crippen LogP contribution in [0.3, 0.4) is 0 Å². The van der Waals surface area contributed by atoms with E-state index in [1.807, 2.05) is 32.0 Å². The average Bonchev–Trinajstić information content (AvgIpc) is 3.05. The highest BCUT2D eigenvalue weighted by molar-refractivity contribution is 6.01. The summed E-state index contributed by atoms with van der Waals surface area (Å²) >= 11 is 0. The lowest BCUT2D eigenvalue weighted by Crippen LogP contribution is -2.39. The number of para-hydroxylation sites is 1. The van der Waals surface area contributed by atoms with E-state index in [4.69, 9.17) is 0 Å². The molecular weight excluding hydrogens is 392 g/mol. The first-order valence-electron chi connectivity index (χ1n) is 9.53. The fourth-order valence-electron chi connectivity index (χ4n) is 3.61. The molecule has 30 heavy (non-hydrogen) atoms. The van der Waals surface area contributed by atoms with Crippen molar-refractivity contribution in [2.45, 2.75) is 20.3 Å². The lowest BCUT2D eigenvalue weighted by molar-refractivity contribution is -0.137. The molecule has 1 atom stereocenters. The first-order valence-corrected chi connectivity index (χ1v) is 9.53. The van der Waals surface area contributed by atoms with E-state index in [-0.39, 0.29) is 37.0 Å². The van der Waals surface area contributed by atoms with Gasteiger partial charge in [-0.25, -0.2) is 8.78 Å². The molecule has 1 N–H and O–H groups in total. The standard InChI is InChI=1S/C22H23F2N3O3/c1-13-5-4-6-14(2)21(13)25-19(28)12-26(3)22(30)15-7-20(29)27(11-15)18-9-16(23)8-17(24)10-18/h4-6,8-10,15H,7,11-12H2,1-3H3,(H,25,28). The average molecular weight is 415 g/mol. The predicted octanol–water partition coefficient (Wildman–Crippen LogP) is 3.03. The van der Waals surface area contributed by atoms with Crippen molar-refractivity contribution in [2.75, 3.05) is 30.4 Å². The maximum absolute atomic E-state index is 13.5. The van der Waals surface area contributed by atoms with Gasteiger partial charge in [0.25, 0.3) is 0 Å². The number of nitrogens with zero attached hydrogens (tertiary/aromatic N) is 2. The van der Waals surface area contributed by atoms with E-state index in [9.17, 15) is 23.2 Å². The third-order valence-corrected chi connectivity index (χ3v) is 5.14. The van der Waals surface area contributed by atoms with Gasteiger partial charge in [0.1, 0.15) is 11.6 Å². The Morgan fingerprint density at radius 1 is 1.13 bits per heavy atom. The third-order valence-electron chi connectivity index (χ3n) is 5.14. The van der Waals surface area contributed by atoms with Crippen molar-refractivity contribution in [3.63, 3.8) is 0 Å². The molecule has 1 aliphatic heterocycles. The molecule has 1 saturated heterocycles. The Kier molecular flexibility index (Phi) is 6.14. The minimum atomic E-state index is -0.798. The quantitative estimate of drug-likeness (QED) is 0.816. The topological polar surface area (TPSA) is 69.7 Å². The second-order valence-corrected chi connectivity index (χ2v) is 7.54. The van der Waals surface area contributed by atoms with Crippen LogP contribution in [0.1, 0.15) is 17.5 Å². The van der Waals surface area contributed by atoms with Gasteiger partial charge in [0.05, 0.1) is 12.5 Å². The second-order valence-electron chi connectivity index (χ2n) is 7.54. The fraction of sp³-hybridized carbons (Fsp3) is 0.318. The van der Waals surface area contributed by atoms with Crippen LogP contribution in [0.5, 0.6) is 0 Å². The lowest BCUT2D eigenvalue weighted by Gasteiger charge is -2.21. The van der Waals surface area contributed by atoms with Gasteiger partial charge >= 0.3 is 0 Å². The Balaban J connectivity index is 1.63. The highest BCUT2D eigenvalue weighted by Gasteiger charge is 2.37. The van der Waals surface area contributed by atoms with Gasteiger partial charge in [0.15, 0.2) is 0 Å². The number of hydrogen-bond donors (Lipinski definition) is 1. The molecule has 3 rings (SSSR count). The zero-order chi connectivity index (χ0) is 22.0. The zero-order valence-electron chi connectivity index (χ0n) is 17.0. The maximum atomic E-state index is 13.5. The number of carbonyl (C=O) groups is 3. The molecule has 2 aromatic rings. The summed E-state index contributed by atoms with van der Waals surface area (Å²) in [6.45, 7) is 3.59. The summed E-state index contributed by atoms with van der Waals surface area (Å²) in [5, 5.41) is 2.82. The molecule has 0 bridgehead atoms. The molecule has 2 aromatic carbocycles. The van der Waals surface area contributed by atoms with Gasteiger partial charge in [-0.2, -0.15) is 0 Å². The maximum Gasteiger partial charge on any atom is 0.243 e. The first kappa shape index (κ1) is 21.4. The number of anilines is 2. The minimum absolute atomic E-state index is 0.00339. The van der Waals surface area contributed by atoms with E-state index in [2.05, 4.69) is 5.32 Å². The van der Waals surface area contributed by atoms with Crippen LogP contribution in [0.4, 0.5) is 20.2 Å². The van der Waals surface area contributed by atoms with Crippen LogP contribution in [0.2, 0.25) is 0 Å². The van der Waals surface area contributed by atoms with Crippen molar-refractivity contribution < 1.29 is 23.2 Å². The molecule has 1 aliphatic rings. The van der Waals surface area contributed by atoms with E-state index < -0.39 is 23.5 Å². The molecule has 1 fully saturated rings. The summed E-state index contributed by atoms with van der Waals surface area (Å²) in [5.74, 6) is -3.41. The Morgan fingerprint density at radius 2 is 1.73 bits per heavy atom. The largest absolute Gasteiger partial charge is 0.336 e. The molecule has 1 unspecified atom stereocenters. The Bertz CT molecular complexity index is 969. The number of rotatable bonds is 5. The summed E-state index contributed by atoms with van der Waals surface area (Å²) in [5.41, 5.74) is 2.61. The van der Waals surface area contributed by atoms with Gasteiger partial charge < -0.3 is 15.1 Å². The molecule has 0 spiro atoms. The Hall–Kier alpha value is -3.29. The van der Waals surface area contributed by atoms with Gasteiger partial charge in [-0.15, -0.1) is 0 Å². The zero-order valence-corrected chi connectivity index (χ0v) is 17.0. The molecule has 1 heterocycles. The number of benzene rings is 2. The van der Waals surface area contributed by atoms with Crippen LogP contribution in [0.15, 0.2) is 36.4 Å². The molecule has 6 nitrogen and oxygen atoms in total. The van der Waals surface area contributed by atoms with Crippen LogP contribution in [0, 0.1) is 31.4 Å². The fourth-order valence-corrected chi connectivity index (χ4v) is 3.61. The number of aryl methyl sites for hydroxylation is 2. The van der Waals surface area contributed by atoms with Crippen molar-refractivity contribution in [3.8, 4) is 0 Å². The SMILES string of the molecule is Cc1cccc(C)c1NC(=O)CN(C)C(=O)C1CC(=O)N(c2cc(F)cc(F)c2)C1. The second kappa shape index (κ2) is 8.61. The number of likely N-dealkylation sites (N-methyl/N-ethyl adjacent to an activating group) is 1. The van der Waals surface area contributed by atoms with Gasteiger partial charge in [0, 0.05) is 37.5 Å². The Labute approximate surface area is 173 Å². The molecule has 0 radical (unpaired) electrons. The predicted molar refractivity (Wildman–Crippen MR) is 109 cm³/mol. The summed E-state index contributed by atoms with van der Waals surface area (Å²) in [4.78, 5) is 39.9. The highest BCUT2D eigenvalue weighted by atomic mass is 19.1. The summed E-state index contributed by atoms with van der Waals surface area (Å²) in [6.07, 6.45) is -0.0835. The molecule has 158 valence electrons. The van der Waals surface area contributed by atoms with Crippen molar-refractivity contribution in [2.24, 2.45) is 5.92 Å². The van der Waals surface area contributed by atoms with E-state index in [1.165, 1.54) is 16.8 Å². The van der Waals surface area contributed by atoms with E-state index in [0.29, 0.717) is 5.69 Å². The molecule has 0 aromatic heterocycles. The molecular formula is C22H23F2N3O3. The van der Waals surface area contributed by atoms with Crippen molar-refractivity contribution in [1.29, 1.82) is 0 Å². The highest BCUT2D eigenvalue weighted by Crippen LogP contribution is 2.27. The summed E-state index contributed by atoms with van der Waals surface area (Å²) < 4.78 is 26.9. The van der Waals surface area contributed by atoms with Gasteiger partial charge in [-0.3, -0.25) is 14.4 Å². The Morgan fingerprint density at radius 3 is 2.33 bits per heavy atom. The van der Waals surface area contributed by atoms with Crippen LogP contribution in [-0.2, 0) is 14.4 Å². The molecule has 0 aliphatic carbocycles. The van der Waals surface area contributed by atoms with Crippen molar-refractivity contribution >= 4 is 29.1 Å². The van der Waals surface area contributed by atoms with Gasteiger partial charge in [-0.1, -0.05) is 18.2 Å². The van der Waals surface area contributed by atoms with Crippen molar-refractivity contribution in [3.05, 3.63) is 59.2 Å². The summed E-state index contributed by atoms with van der Waals surface area (Å²) in [6, 6.07) is 8.47. The van der Waals surface area contributed by atoms with Crippen molar-refractivity contribution in [1.82, 2.24) is 4.90 Å². The number of halogens is 2. The van der Waals surface area contributed by atoms with Crippen LogP contribution >= 0.6 is 0 Å². The molecule has 0 saturated carbocycles. The third kappa shape index (κ3) is 4.64. The van der Waals surface area contributed by atoms with E-state index in [0.717, 1.165) is 29.3 Å². The van der Waals surface area contributed by atoms with Crippen LogP contribution in [0.25, 0.3) is 0 Å². The van der Waals surface area contributed by atoms with Crippen LogP contribution < -0.4 is 10.2 Å². The number of carbonyl (C=O) groups excluding carboxylic acids is 3. The smallest absolute Gasteiger partial charge is 0.243 e. The van der Waals surface area contributed by atoms with E-state index >= 15 is 0 Å². The first-order chi connectivity index (χ1) is 14.2. The van der Waals surface area contributed by atoms with Gasteiger partial charge in [-0.05, 0) is 37.1 Å². The minimum Gasteiger partial charge on any atom is -0.336 e. The number of nitrogens with one attached hydrogen (secondary N) is 1. The number of hydrogen-bond acceptors (Lipinski definition) is 3. The monoisotopic (exact) mass is 415 g/mol. The molecule has 8 heteroatoms. The van der Waals surface area contributed by atoms with Gasteiger partial charge in [0.2, 0.25) is 17.7 Å². The lowest BCUT2D eigenvalue weighted by atomic mass is 10.1. The number of amides is 3.